The number of rotatable bonds is 4. The molecule has 0 amide bonds. The van der Waals surface area contributed by atoms with Gasteiger partial charge < -0.3 is 4.74 Å². The number of nitrogens with one attached hydrogen (secondary N) is 1. The Morgan fingerprint density at radius 3 is 2.67 bits per heavy atom. The molecule has 5 nitrogen and oxygen atoms in total. The van der Waals surface area contributed by atoms with Crippen LogP contribution in [0, 0.1) is 4.77 Å². The minimum atomic E-state index is -0.512. The fourth-order valence-electron chi connectivity index (χ4n) is 1.74. The van der Waals surface area contributed by atoms with E-state index in [0.29, 0.717) is 11.3 Å². The minimum absolute atomic E-state index is 0.0917. The first kappa shape index (κ1) is 14.9. The molecule has 0 saturated carbocycles. The van der Waals surface area contributed by atoms with Gasteiger partial charge in [0.15, 0.2) is 11.5 Å². The van der Waals surface area contributed by atoms with E-state index < -0.39 is 5.97 Å². The molecular weight excluding hydrogens is 288 g/mol. The topological polar surface area (TPSA) is 64.1 Å². The molecule has 2 rings (SSSR count). The molecule has 0 spiro atoms. The summed E-state index contributed by atoms with van der Waals surface area (Å²) in [6, 6.07) is 10.7. The lowest BCUT2D eigenvalue weighted by molar-refractivity contribution is -0.142. The van der Waals surface area contributed by atoms with Crippen LogP contribution in [0.25, 0.3) is 11.3 Å². The number of aromatic amines is 1. The Labute approximate surface area is 126 Å². The van der Waals surface area contributed by atoms with Gasteiger partial charge in [-0.05, 0) is 24.7 Å². The Hall–Kier alpha value is -2.47. The monoisotopic (exact) mass is 302 g/mol. The van der Waals surface area contributed by atoms with Crippen LogP contribution in [0.2, 0.25) is 0 Å². The summed E-state index contributed by atoms with van der Waals surface area (Å²) in [4.78, 5) is 25.6. The zero-order chi connectivity index (χ0) is 15.4. The molecule has 1 aromatic heterocycles. The van der Waals surface area contributed by atoms with Crippen LogP contribution in [-0.4, -0.2) is 15.5 Å². The first-order chi connectivity index (χ1) is 9.99. The van der Waals surface area contributed by atoms with Crippen LogP contribution >= 0.6 is 12.2 Å². The first-order valence-electron chi connectivity index (χ1n) is 6.21. The van der Waals surface area contributed by atoms with Crippen molar-refractivity contribution in [3.63, 3.8) is 0 Å². The highest BCUT2D eigenvalue weighted by atomic mass is 32.1. The zero-order valence-corrected chi connectivity index (χ0v) is 12.3. The van der Waals surface area contributed by atoms with Gasteiger partial charge >= 0.3 is 5.97 Å². The van der Waals surface area contributed by atoms with Gasteiger partial charge in [-0.2, -0.15) is 0 Å². The summed E-state index contributed by atoms with van der Waals surface area (Å²) < 4.78 is 6.85. The second-order valence-corrected chi connectivity index (χ2v) is 4.85. The van der Waals surface area contributed by atoms with Crippen LogP contribution in [0.5, 0.6) is 0 Å². The van der Waals surface area contributed by atoms with Crippen molar-refractivity contribution in [2.75, 3.05) is 0 Å². The van der Waals surface area contributed by atoms with Gasteiger partial charge in [-0.25, -0.2) is 4.79 Å². The van der Waals surface area contributed by atoms with Crippen molar-refractivity contribution in [2.24, 2.45) is 0 Å². The van der Waals surface area contributed by atoms with E-state index in [1.807, 2.05) is 30.3 Å². The number of hydrogen-bond acceptors (Lipinski definition) is 4. The molecule has 0 unspecified atom stereocenters. The SMILES string of the molecule is C=C(C)C(=O)OCn1c(-c2ccccc2)cc(=O)[nH]c1=S. The number of hydrogen-bond donors (Lipinski definition) is 1. The zero-order valence-electron chi connectivity index (χ0n) is 11.5. The lowest BCUT2D eigenvalue weighted by Gasteiger charge is -2.13. The van der Waals surface area contributed by atoms with Gasteiger partial charge in [-0.15, -0.1) is 0 Å². The number of aromatic nitrogens is 2. The number of ether oxygens (including phenoxy) is 1. The van der Waals surface area contributed by atoms with E-state index >= 15 is 0 Å². The number of carbonyl (C=O) groups excluding carboxylic acids is 1. The van der Waals surface area contributed by atoms with Gasteiger partial charge in [-0.3, -0.25) is 14.3 Å². The lowest BCUT2D eigenvalue weighted by atomic mass is 10.1. The first-order valence-corrected chi connectivity index (χ1v) is 6.62. The standard InChI is InChI=1S/C15H14N2O3S/c1-10(2)14(19)20-9-17-12(8-13(18)16-15(17)21)11-6-4-3-5-7-11/h3-8H,1,9H2,2H3,(H,16,18,21). The van der Waals surface area contributed by atoms with Crippen LogP contribution in [0.15, 0.2) is 53.3 Å². The largest absolute Gasteiger partial charge is 0.440 e. The summed E-state index contributed by atoms with van der Waals surface area (Å²) in [5.41, 5.74) is 1.38. The maximum Gasteiger partial charge on any atom is 0.334 e. The van der Waals surface area contributed by atoms with Crippen LogP contribution < -0.4 is 5.56 Å². The Kier molecular flexibility index (Phi) is 4.49. The number of nitrogens with zero attached hydrogens (tertiary/aromatic N) is 1. The third kappa shape index (κ3) is 3.55. The quantitative estimate of drug-likeness (QED) is 0.536. The smallest absolute Gasteiger partial charge is 0.334 e. The molecule has 2 aromatic rings. The van der Waals surface area contributed by atoms with Gasteiger partial charge in [0.2, 0.25) is 0 Å². The molecule has 0 saturated heterocycles. The van der Waals surface area contributed by atoms with Crippen LogP contribution in [0.3, 0.4) is 0 Å². The van der Waals surface area contributed by atoms with Crippen molar-refractivity contribution in [3.05, 3.63) is 63.7 Å². The lowest BCUT2D eigenvalue weighted by Crippen LogP contribution is -2.18. The Bertz CT molecular complexity index is 791. The molecule has 0 fully saturated rings. The van der Waals surface area contributed by atoms with Crippen molar-refractivity contribution in [1.82, 2.24) is 9.55 Å². The normalized spacial score (nSPS) is 10.1. The van der Waals surface area contributed by atoms with Crippen molar-refractivity contribution < 1.29 is 9.53 Å². The summed E-state index contributed by atoms with van der Waals surface area (Å²) in [5, 5.41) is 0. The number of H-pyrrole nitrogens is 1. The van der Waals surface area contributed by atoms with Crippen molar-refractivity contribution >= 4 is 18.2 Å². The molecule has 0 radical (unpaired) electrons. The molecule has 1 heterocycles. The van der Waals surface area contributed by atoms with Gasteiger partial charge in [0.25, 0.3) is 5.56 Å². The van der Waals surface area contributed by atoms with Crippen molar-refractivity contribution in [1.29, 1.82) is 0 Å². The van der Waals surface area contributed by atoms with E-state index in [-0.39, 0.29) is 17.1 Å². The van der Waals surface area contributed by atoms with Gasteiger partial charge in [0.05, 0.1) is 5.69 Å². The molecule has 0 aliphatic heterocycles. The number of benzene rings is 1. The van der Waals surface area contributed by atoms with Gasteiger partial charge in [0, 0.05) is 11.6 Å². The Morgan fingerprint density at radius 1 is 1.38 bits per heavy atom. The molecular formula is C15H14N2O3S. The minimum Gasteiger partial charge on any atom is -0.440 e. The maximum atomic E-state index is 11.6. The van der Waals surface area contributed by atoms with E-state index in [2.05, 4.69) is 11.6 Å². The van der Waals surface area contributed by atoms with Gasteiger partial charge in [-0.1, -0.05) is 36.9 Å². The Balaban J connectivity index is 2.45. The van der Waals surface area contributed by atoms with E-state index in [1.54, 1.807) is 11.5 Å². The highest BCUT2D eigenvalue weighted by Gasteiger charge is 2.09. The van der Waals surface area contributed by atoms with Crippen LogP contribution in [0.1, 0.15) is 6.92 Å². The van der Waals surface area contributed by atoms with E-state index in [1.165, 1.54) is 6.07 Å². The molecule has 21 heavy (non-hydrogen) atoms. The average Bonchev–Trinajstić information content (AvgIpc) is 2.46. The Morgan fingerprint density at radius 2 is 2.05 bits per heavy atom. The van der Waals surface area contributed by atoms with Crippen molar-refractivity contribution in [3.8, 4) is 11.3 Å². The fraction of sp³-hybridized carbons (Fsp3) is 0.133. The predicted molar refractivity (Wildman–Crippen MR) is 82.2 cm³/mol. The summed E-state index contributed by atoms with van der Waals surface area (Å²) >= 11 is 5.14. The summed E-state index contributed by atoms with van der Waals surface area (Å²) in [7, 11) is 0. The number of carbonyl (C=O) groups is 1. The maximum absolute atomic E-state index is 11.6. The van der Waals surface area contributed by atoms with Gasteiger partial charge in [0.1, 0.15) is 0 Å². The summed E-state index contributed by atoms with van der Waals surface area (Å²) in [5.74, 6) is -0.512. The second kappa shape index (κ2) is 6.32. The van der Waals surface area contributed by atoms with Crippen molar-refractivity contribution in [2.45, 2.75) is 13.7 Å². The third-order valence-electron chi connectivity index (χ3n) is 2.78. The highest BCUT2D eigenvalue weighted by Crippen LogP contribution is 2.17. The van der Waals surface area contributed by atoms with E-state index in [9.17, 15) is 9.59 Å². The molecule has 1 aromatic carbocycles. The summed E-state index contributed by atoms with van der Waals surface area (Å²) in [6.07, 6.45) is 0. The fourth-order valence-corrected chi connectivity index (χ4v) is 1.99. The average molecular weight is 302 g/mol. The third-order valence-corrected chi connectivity index (χ3v) is 3.10. The molecule has 0 aliphatic rings. The van der Waals surface area contributed by atoms with E-state index in [0.717, 1.165) is 5.56 Å². The van der Waals surface area contributed by atoms with Crippen LogP contribution in [-0.2, 0) is 16.3 Å². The molecule has 0 atom stereocenters. The molecule has 6 heteroatoms. The van der Waals surface area contributed by atoms with E-state index in [4.69, 9.17) is 17.0 Å². The molecule has 108 valence electrons. The molecule has 0 aliphatic carbocycles. The number of esters is 1. The molecule has 0 bridgehead atoms. The summed E-state index contributed by atoms with van der Waals surface area (Å²) in [6.45, 7) is 4.99. The molecule has 1 N–H and O–H groups in total. The van der Waals surface area contributed by atoms with Crippen LogP contribution in [0.4, 0.5) is 0 Å². The highest BCUT2D eigenvalue weighted by molar-refractivity contribution is 7.71. The second-order valence-electron chi connectivity index (χ2n) is 4.46. The predicted octanol–water partition coefficient (Wildman–Crippen LogP) is 2.65.